The summed E-state index contributed by atoms with van der Waals surface area (Å²) in [4.78, 5) is 22.5. The number of halogens is 1. The lowest BCUT2D eigenvalue weighted by Crippen LogP contribution is -1.99. The van der Waals surface area contributed by atoms with E-state index >= 15 is 0 Å². The summed E-state index contributed by atoms with van der Waals surface area (Å²) in [5.41, 5.74) is 2.96. The number of aromatic nitrogens is 3. The molecule has 0 amide bonds. The molecule has 6 heteroatoms. The van der Waals surface area contributed by atoms with Gasteiger partial charge in [0.2, 0.25) is 0 Å². The van der Waals surface area contributed by atoms with Gasteiger partial charge in [-0.1, -0.05) is 17.7 Å². The summed E-state index contributed by atoms with van der Waals surface area (Å²) in [5.74, 6) is -0.233. The van der Waals surface area contributed by atoms with Crippen LogP contribution >= 0.6 is 11.6 Å². The number of benzene rings is 1. The van der Waals surface area contributed by atoms with Crippen molar-refractivity contribution in [2.24, 2.45) is 0 Å². The molecule has 20 heavy (non-hydrogen) atoms. The van der Waals surface area contributed by atoms with Crippen molar-refractivity contribution in [3.05, 3.63) is 47.1 Å². The fourth-order valence-corrected chi connectivity index (χ4v) is 2.08. The van der Waals surface area contributed by atoms with Gasteiger partial charge in [0, 0.05) is 6.20 Å². The Balaban J connectivity index is 2.01. The number of nitrogens with zero attached hydrogens (tertiary/aromatic N) is 2. The van der Waals surface area contributed by atoms with Gasteiger partial charge in [0.05, 0.1) is 22.5 Å². The normalized spacial score (nSPS) is 10.8. The lowest BCUT2D eigenvalue weighted by Gasteiger charge is -1.95. The van der Waals surface area contributed by atoms with Crippen molar-refractivity contribution in [1.82, 2.24) is 15.0 Å². The molecule has 2 heterocycles. The summed E-state index contributed by atoms with van der Waals surface area (Å²) in [6.45, 7) is 0. The molecule has 0 fully saturated rings. The number of carboxylic acids is 1. The maximum absolute atomic E-state index is 10.7. The number of carboxylic acid groups (broad SMARTS) is 1. The number of hydrogen-bond donors (Lipinski definition) is 2. The smallest absolute Gasteiger partial charge is 0.307 e. The van der Waals surface area contributed by atoms with Crippen molar-refractivity contribution in [2.45, 2.75) is 6.42 Å². The van der Waals surface area contributed by atoms with E-state index in [9.17, 15) is 4.79 Å². The highest BCUT2D eigenvalue weighted by Gasteiger charge is 2.08. The second-order valence-corrected chi connectivity index (χ2v) is 4.81. The van der Waals surface area contributed by atoms with Gasteiger partial charge in [-0.3, -0.25) is 9.78 Å². The van der Waals surface area contributed by atoms with Gasteiger partial charge in [-0.25, -0.2) is 4.98 Å². The highest BCUT2D eigenvalue weighted by Crippen LogP contribution is 2.21. The molecule has 2 N–H and O–H groups in total. The molecule has 0 aliphatic rings. The van der Waals surface area contributed by atoms with Gasteiger partial charge in [0.25, 0.3) is 0 Å². The summed E-state index contributed by atoms with van der Waals surface area (Å²) in [5, 5.41) is 9.36. The third-order valence-electron chi connectivity index (χ3n) is 2.87. The van der Waals surface area contributed by atoms with E-state index in [1.165, 1.54) is 0 Å². The first-order valence-electron chi connectivity index (χ1n) is 5.94. The van der Waals surface area contributed by atoms with Crippen LogP contribution < -0.4 is 0 Å². The average molecular weight is 288 g/mol. The number of fused-ring (bicyclic) bond motifs is 1. The van der Waals surface area contributed by atoms with Gasteiger partial charge >= 0.3 is 5.97 Å². The van der Waals surface area contributed by atoms with Gasteiger partial charge in [-0.2, -0.15) is 0 Å². The number of nitrogens with one attached hydrogen (secondary N) is 1. The second-order valence-electron chi connectivity index (χ2n) is 4.37. The van der Waals surface area contributed by atoms with Crippen molar-refractivity contribution in [3.63, 3.8) is 0 Å². The first kappa shape index (κ1) is 12.6. The van der Waals surface area contributed by atoms with Crippen LogP contribution in [0.3, 0.4) is 0 Å². The van der Waals surface area contributed by atoms with Crippen LogP contribution in [0.1, 0.15) is 5.56 Å². The Kier molecular flexibility index (Phi) is 3.12. The van der Waals surface area contributed by atoms with Crippen LogP contribution in [0.2, 0.25) is 5.02 Å². The Bertz CT molecular complexity index is 781. The first-order chi connectivity index (χ1) is 9.61. The molecular formula is C14H10ClN3O2. The summed E-state index contributed by atoms with van der Waals surface area (Å²) in [6.07, 6.45) is 1.54. The highest BCUT2D eigenvalue weighted by molar-refractivity contribution is 6.30. The van der Waals surface area contributed by atoms with E-state index in [1.54, 1.807) is 30.5 Å². The molecular weight excluding hydrogens is 278 g/mol. The zero-order chi connectivity index (χ0) is 14.1. The van der Waals surface area contributed by atoms with Crippen LogP contribution in [0.25, 0.3) is 22.6 Å². The maximum atomic E-state index is 10.7. The van der Waals surface area contributed by atoms with Crippen LogP contribution in [0.5, 0.6) is 0 Å². The Morgan fingerprint density at radius 2 is 2.15 bits per heavy atom. The molecule has 0 unspecified atom stereocenters. The molecule has 1 aromatic carbocycles. The molecule has 0 aliphatic heterocycles. The molecule has 0 bridgehead atoms. The quantitative estimate of drug-likeness (QED) is 0.776. The molecule has 0 saturated heterocycles. The van der Waals surface area contributed by atoms with Crippen molar-refractivity contribution >= 4 is 28.6 Å². The zero-order valence-electron chi connectivity index (χ0n) is 10.3. The molecule has 0 aliphatic carbocycles. The second kappa shape index (κ2) is 4.94. The van der Waals surface area contributed by atoms with E-state index in [0.717, 1.165) is 11.0 Å². The first-order valence-corrected chi connectivity index (χ1v) is 6.32. The third kappa shape index (κ3) is 2.48. The molecule has 100 valence electrons. The van der Waals surface area contributed by atoms with E-state index in [-0.39, 0.29) is 6.42 Å². The van der Waals surface area contributed by atoms with Crippen LogP contribution in [0, 0.1) is 0 Å². The molecule has 5 nitrogen and oxygen atoms in total. The minimum atomic E-state index is -0.862. The summed E-state index contributed by atoms with van der Waals surface area (Å²) >= 11 is 5.80. The molecule has 3 rings (SSSR count). The van der Waals surface area contributed by atoms with Crippen molar-refractivity contribution < 1.29 is 9.90 Å². The molecule has 0 radical (unpaired) electrons. The number of rotatable bonds is 3. The van der Waals surface area contributed by atoms with Crippen LogP contribution in [-0.2, 0) is 11.2 Å². The van der Waals surface area contributed by atoms with Crippen molar-refractivity contribution in [2.75, 3.05) is 0 Å². The van der Waals surface area contributed by atoms with Gasteiger partial charge in [0.15, 0.2) is 5.82 Å². The van der Waals surface area contributed by atoms with Gasteiger partial charge < -0.3 is 10.1 Å². The lowest BCUT2D eigenvalue weighted by molar-refractivity contribution is -0.136. The number of aromatic amines is 1. The Morgan fingerprint density at radius 1 is 1.30 bits per heavy atom. The van der Waals surface area contributed by atoms with E-state index in [0.29, 0.717) is 22.1 Å². The fourth-order valence-electron chi connectivity index (χ4n) is 1.97. The summed E-state index contributed by atoms with van der Waals surface area (Å²) < 4.78 is 0. The predicted octanol–water partition coefficient (Wildman–Crippen LogP) is 2.91. The number of pyridine rings is 1. The van der Waals surface area contributed by atoms with Crippen LogP contribution in [-0.4, -0.2) is 26.0 Å². The van der Waals surface area contributed by atoms with E-state index in [2.05, 4.69) is 15.0 Å². The average Bonchev–Trinajstić information content (AvgIpc) is 2.81. The minimum absolute atomic E-state index is 0.0165. The largest absolute Gasteiger partial charge is 0.481 e. The number of hydrogen-bond acceptors (Lipinski definition) is 3. The van der Waals surface area contributed by atoms with E-state index in [1.807, 2.05) is 6.07 Å². The summed E-state index contributed by atoms with van der Waals surface area (Å²) in [7, 11) is 0. The number of aliphatic carboxylic acids is 1. The molecule has 0 saturated carbocycles. The standard InChI is InChI=1S/C14H10ClN3O2/c15-9-2-4-11(16-7-9)14-17-10-3-1-8(6-13(19)20)5-12(10)18-14/h1-5,7H,6H2,(H,17,18)(H,19,20). The molecule has 0 atom stereocenters. The van der Waals surface area contributed by atoms with Gasteiger partial charge in [0.1, 0.15) is 5.69 Å². The predicted molar refractivity (Wildman–Crippen MR) is 75.7 cm³/mol. The third-order valence-corrected chi connectivity index (χ3v) is 3.10. The van der Waals surface area contributed by atoms with Gasteiger partial charge in [-0.15, -0.1) is 0 Å². The highest BCUT2D eigenvalue weighted by atomic mass is 35.5. The van der Waals surface area contributed by atoms with Crippen molar-refractivity contribution in [1.29, 1.82) is 0 Å². The van der Waals surface area contributed by atoms with Crippen LogP contribution in [0.15, 0.2) is 36.5 Å². The minimum Gasteiger partial charge on any atom is -0.481 e. The SMILES string of the molecule is O=C(O)Cc1ccc2[nH]c(-c3ccc(Cl)cn3)nc2c1. The number of imidazole rings is 1. The molecule has 0 spiro atoms. The Hall–Kier alpha value is -2.40. The number of carbonyl (C=O) groups is 1. The topological polar surface area (TPSA) is 78.9 Å². The molecule has 2 aromatic heterocycles. The lowest BCUT2D eigenvalue weighted by atomic mass is 10.1. The Labute approximate surface area is 119 Å². The fraction of sp³-hybridized carbons (Fsp3) is 0.0714. The maximum Gasteiger partial charge on any atom is 0.307 e. The van der Waals surface area contributed by atoms with Gasteiger partial charge in [-0.05, 0) is 29.8 Å². The van der Waals surface area contributed by atoms with E-state index < -0.39 is 5.97 Å². The van der Waals surface area contributed by atoms with E-state index in [4.69, 9.17) is 16.7 Å². The molecule has 3 aromatic rings. The summed E-state index contributed by atoms with van der Waals surface area (Å²) in [6, 6.07) is 8.87. The number of H-pyrrole nitrogens is 1. The van der Waals surface area contributed by atoms with Crippen LogP contribution in [0.4, 0.5) is 0 Å². The van der Waals surface area contributed by atoms with Crippen molar-refractivity contribution in [3.8, 4) is 11.5 Å². The monoisotopic (exact) mass is 287 g/mol. The zero-order valence-corrected chi connectivity index (χ0v) is 11.1. The Morgan fingerprint density at radius 3 is 2.85 bits per heavy atom.